The van der Waals surface area contributed by atoms with Crippen molar-refractivity contribution in [3.8, 4) is 0 Å². The number of amides is 1. The summed E-state index contributed by atoms with van der Waals surface area (Å²) in [4.78, 5) is 13.7. The summed E-state index contributed by atoms with van der Waals surface area (Å²) < 4.78 is 38.8. The molecule has 0 aliphatic carbocycles. The minimum atomic E-state index is -4.42. The zero-order chi connectivity index (χ0) is 17.3. The Morgan fingerprint density at radius 2 is 2.17 bits per heavy atom. The molecule has 0 saturated carbocycles. The van der Waals surface area contributed by atoms with E-state index < -0.39 is 11.7 Å². The molecule has 1 saturated heterocycles. The van der Waals surface area contributed by atoms with Crippen molar-refractivity contribution in [3.05, 3.63) is 23.8 Å². The predicted molar refractivity (Wildman–Crippen MR) is 83.8 cm³/mol. The smallest absolute Gasteiger partial charge is 0.349 e. The number of aromatic amines is 1. The van der Waals surface area contributed by atoms with Crippen molar-refractivity contribution in [2.24, 2.45) is 0 Å². The summed E-state index contributed by atoms with van der Waals surface area (Å²) in [6.07, 6.45) is -4.42. The van der Waals surface area contributed by atoms with Gasteiger partial charge in [-0.3, -0.25) is 9.89 Å². The van der Waals surface area contributed by atoms with Gasteiger partial charge in [0.25, 0.3) is 0 Å². The van der Waals surface area contributed by atoms with Gasteiger partial charge in [0.15, 0.2) is 5.82 Å². The van der Waals surface area contributed by atoms with Crippen LogP contribution in [0.4, 0.5) is 19.0 Å². The van der Waals surface area contributed by atoms with Crippen molar-refractivity contribution in [1.29, 1.82) is 0 Å². The summed E-state index contributed by atoms with van der Waals surface area (Å²) in [5, 5.41) is 13.1. The lowest BCUT2D eigenvalue weighted by Crippen LogP contribution is -2.58. The molecule has 6 nitrogen and oxygen atoms in total. The molecule has 24 heavy (non-hydrogen) atoms. The SMILES string of the molecule is CCN(CC(=O)NC1CNC1)c1n[nH]c2ccc(C(F)(F)F)cc12. The Kier molecular flexibility index (Phi) is 4.35. The van der Waals surface area contributed by atoms with Crippen molar-refractivity contribution < 1.29 is 18.0 Å². The minimum Gasteiger partial charge on any atom is -0.349 e. The highest BCUT2D eigenvalue weighted by molar-refractivity contribution is 5.92. The molecule has 0 bridgehead atoms. The fraction of sp³-hybridized carbons (Fsp3) is 0.467. The standard InChI is InChI=1S/C15H18F3N5O/c1-2-23(8-13(24)20-10-6-19-7-10)14-11-5-9(15(16,17)18)3-4-12(11)21-22-14/h3-5,10,19H,2,6-8H2,1H3,(H,20,24)(H,21,22). The molecule has 3 N–H and O–H groups in total. The minimum absolute atomic E-state index is 0.0448. The molecule has 3 rings (SSSR count). The monoisotopic (exact) mass is 341 g/mol. The van der Waals surface area contributed by atoms with Gasteiger partial charge in [0.05, 0.1) is 23.7 Å². The molecular formula is C15H18F3N5O. The van der Waals surface area contributed by atoms with Crippen molar-refractivity contribution in [1.82, 2.24) is 20.8 Å². The Morgan fingerprint density at radius 1 is 1.42 bits per heavy atom. The van der Waals surface area contributed by atoms with Gasteiger partial charge in [0, 0.05) is 25.0 Å². The number of aromatic nitrogens is 2. The number of nitrogens with zero attached hydrogens (tertiary/aromatic N) is 2. The van der Waals surface area contributed by atoms with Crippen LogP contribution in [0.15, 0.2) is 18.2 Å². The molecule has 9 heteroatoms. The van der Waals surface area contributed by atoms with E-state index in [1.54, 1.807) is 4.90 Å². The lowest BCUT2D eigenvalue weighted by Gasteiger charge is -2.29. The van der Waals surface area contributed by atoms with Crippen molar-refractivity contribution in [2.75, 3.05) is 31.1 Å². The Bertz CT molecular complexity index is 738. The zero-order valence-electron chi connectivity index (χ0n) is 13.1. The Balaban J connectivity index is 1.83. The second-order valence-electron chi connectivity index (χ2n) is 5.74. The molecule has 2 aromatic rings. The summed E-state index contributed by atoms with van der Waals surface area (Å²) >= 11 is 0. The second kappa shape index (κ2) is 6.31. The number of carbonyl (C=O) groups is 1. The van der Waals surface area contributed by atoms with Gasteiger partial charge in [-0.05, 0) is 25.1 Å². The molecule has 0 atom stereocenters. The first-order chi connectivity index (χ1) is 11.4. The number of carbonyl (C=O) groups excluding carboxylic acids is 1. The fourth-order valence-electron chi connectivity index (χ4n) is 2.59. The van der Waals surface area contributed by atoms with E-state index in [9.17, 15) is 18.0 Å². The van der Waals surface area contributed by atoms with Crippen LogP contribution in [-0.2, 0) is 11.0 Å². The molecule has 1 amide bonds. The van der Waals surface area contributed by atoms with Gasteiger partial charge in [-0.15, -0.1) is 0 Å². The zero-order valence-corrected chi connectivity index (χ0v) is 13.1. The molecule has 1 fully saturated rings. The normalized spacial score (nSPS) is 15.3. The van der Waals surface area contributed by atoms with E-state index in [1.807, 2.05) is 6.92 Å². The van der Waals surface area contributed by atoms with Crippen LogP contribution in [0.1, 0.15) is 12.5 Å². The predicted octanol–water partition coefficient (Wildman–Crippen LogP) is 1.50. The van der Waals surface area contributed by atoms with Gasteiger partial charge in [0.1, 0.15) is 0 Å². The van der Waals surface area contributed by atoms with Gasteiger partial charge in [-0.25, -0.2) is 0 Å². The van der Waals surface area contributed by atoms with E-state index in [0.717, 1.165) is 25.2 Å². The van der Waals surface area contributed by atoms with E-state index in [0.29, 0.717) is 23.3 Å². The highest BCUT2D eigenvalue weighted by Gasteiger charge is 2.31. The lowest BCUT2D eigenvalue weighted by molar-refractivity contribution is -0.137. The third kappa shape index (κ3) is 3.30. The van der Waals surface area contributed by atoms with E-state index in [1.165, 1.54) is 6.07 Å². The van der Waals surface area contributed by atoms with Crippen LogP contribution < -0.4 is 15.5 Å². The second-order valence-corrected chi connectivity index (χ2v) is 5.74. The van der Waals surface area contributed by atoms with E-state index >= 15 is 0 Å². The van der Waals surface area contributed by atoms with Crippen LogP contribution >= 0.6 is 0 Å². The number of halogens is 3. The summed E-state index contributed by atoms with van der Waals surface area (Å²) in [6, 6.07) is 3.54. The number of hydrogen-bond acceptors (Lipinski definition) is 4. The van der Waals surface area contributed by atoms with Crippen LogP contribution in [0.25, 0.3) is 10.9 Å². The van der Waals surface area contributed by atoms with E-state index in [2.05, 4.69) is 20.8 Å². The molecule has 1 aliphatic heterocycles. The van der Waals surface area contributed by atoms with Gasteiger partial charge in [-0.2, -0.15) is 18.3 Å². The fourth-order valence-corrected chi connectivity index (χ4v) is 2.59. The lowest BCUT2D eigenvalue weighted by atomic mass is 10.1. The van der Waals surface area contributed by atoms with E-state index in [4.69, 9.17) is 0 Å². The van der Waals surface area contributed by atoms with Gasteiger partial charge < -0.3 is 15.5 Å². The number of rotatable bonds is 5. The number of nitrogens with one attached hydrogen (secondary N) is 3. The average molecular weight is 341 g/mol. The first kappa shape index (κ1) is 16.6. The number of H-pyrrole nitrogens is 1. The number of benzene rings is 1. The summed E-state index contributed by atoms with van der Waals surface area (Å²) in [5.74, 6) is 0.173. The van der Waals surface area contributed by atoms with Crippen LogP contribution in [-0.4, -0.2) is 48.3 Å². The van der Waals surface area contributed by atoms with Crippen LogP contribution in [0.2, 0.25) is 0 Å². The highest BCUT2D eigenvalue weighted by Crippen LogP contribution is 2.33. The number of hydrogen-bond donors (Lipinski definition) is 3. The molecule has 1 aromatic heterocycles. The number of likely N-dealkylation sites (N-methyl/N-ethyl adjacent to an activating group) is 1. The van der Waals surface area contributed by atoms with Crippen LogP contribution in [0.5, 0.6) is 0 Å². The summed E-state index contributed by atoms with van der Waals surface area (Å²) in [6.45, 7) is 3.79. The first-order valence-corrected chi connectivity index (χ1v) is 7.69. The summed E-state index contributed by atoms with van der Waals surface area (Å²) in [7, 11) is 0. The third-order valence-electron chi connectivity index (χ3n) is 4.03. The van der Waals surface area contributed by atoms with Gasteiger partial charge in [-0.1, -0.05) is 0 Å². The summed E-state index contributed by atoms with van der Waals surface area (Å²) in [5.41, 5.74) is -0.237. The number of fused-ring (bicyclic) bond motifs is 1. The van der Waals surface area contributed by atoms with E-state index in [-0.39, 0.29) is 18.5 Å². The quantitative estimate of drug-likeness (QED) is 0.771. The average Bonchev–Trinajstić information content (AvgIpc) is 2.90. The van der Waals surface area contributed by atoms with Crippen molar-refractivity contribution in [2.45, 2.75) is 19.1 Å². The molecule has 1 aliphatic rings. The molecular weight excluding hydrogens is 323 g/mol. The Hall–Kier alpha value is -2.29. The van der Waals surface area contributed by atoms with Crippen molar-refractivity contribution in [3.63, 3.8) is 0 Å². The van der Waals surface area contributed by atoms with Gasteiger partial charge in [0.2, 0.25) is 5.91 Å². The third-order valence-corrected chi connectivity index (χ3v) is 4.03. The molecule has 0 radical (unpaired) electrons. The largest absolute Gasteiger partial charge is 0.416 e. The maximum atomic E-state index is 12.9. The molecule has 0 unspecified atom stereocenters. The molecule has 0 spiro atoms. The highest BCUT2D eigenvalue weighted by atomic mass is 19.4. The van der Waals surface area contributed by atoms with Crippen LogP contribution in [0, 0.1) is 0 Å². The van der Waals surface area contributed by atoms with Crippen molar-refractivity contribution >= 4 is 22.6 Å². The maximum Gasteiger partial charge on any atom is 0.416 e. The van der Waals surface area contributed by atoms with Gasteiger partial charge >= 0.3 is 6.18 Å². The Morgan fingerprint density at radius 3 is 2.75 bits per heavy atom. The maximum absolute atomic E-state index is 12.9. The Labute approximate surface area is 136 Å². The number of alkyl halides is 3. The molecule has 1 aromatic carbocycles. The van der Waals surface area contributed by atoms with Crippen LogP contribution in [0.3, 0.4) is 0 Å². The molecule has 130 valence electrons. The topological polar surface area (TPSA) is 73.1 Å². The molecule has 2 heterocycles. The number of anilines is 1. The first-order valence-electron chi connectivity index (χ1n) is 7.69.